The van der Waals surface area contributed by atoms with E-state index in [-0.39, 0.29) is 38.9 Å². The fraction of sp³-hybridized carbons (Fsp3) is 0.469. The number of hydrogen-bond donors (Lipinski definition) is 3. The predicted molar refractivity (Wildman–Crippen MR) is 220 cm³/mol. The molecule has 0 aliphatic heterocycles. The van der Waals surface area contributed by atoms with E-state index < -0.39 is 0 Å². The Balaban J connectivity index is 1.90. The summed E-state index contributed by atoms with van der Waals surface area (Å²) in [6.07, 6.45) is 8.56. The van der Waals surface area contributed by atoms with E-state index in [1.54, 1.807) is 0 Å². The van der Waals surface area contributed by atoms with Crippen molar-refractivity contribution in [1.82, 2.24) is 0 Å². The molecule has 282 valence electrons. The number of phenolic OH excluding ortho intramolecular Hbond substituents is 3. The first-order chi connectivity index (χ1) is 24.5. The van der Waals surface area contributed by atoms with E-state index in [1.807, 2.05) is 0 Å². The highest BCUT2D eigenvalue weighted by Crippen LogP contribution is 2.43. The third-order valence-electron chi connectivity index (χ3n) is 10.7. The van der Waals surface area contributed by atoms with Crippen molar-refractivity contribution in [2.45, 2.75) is 143 Å². The lowest BCUT2D eigenvalue weighted by molar-refractivity contribution is 0.307. The number of phenols is 3. The summed E-state index contributed by atoms with van der Waals surface area (Å²) < 4.78 is 6.70. The standard InChI is InChI=1S/C49H62O4/c1-14-15-16-17-53-45-36-20-34-26-39(47(5,6)7)24-32(43(34)51)18-30-22-38(46(2,3)4)23-31(42(30)50)19-33-25-40(48(8,9)10)27-35(44(33)52)21-37(45)29-41(28-36)49(11,12)13/h1,22-29,50-52H,15-21H2,2-13H3. The number of rotatable bonds is 4. The number of aromatic hydroxyl groups is 3. The van der Waals surface area contributed by atoms with E-state index in [1.165, 1.54) is 0 Å². The number of terminal acetylenes is 1. The van der Waals surface area contributed by atoms with Crippen LogP contribution in [0.4, 0.5) is 0 Å². The largest absolute Gasteiger partial charge is 0.507 e. The van der Waals surface area contributed by atoms with Crippen LogP contribution in [0.25, 0.3) is 0 Å². The Morgan fingerprint density at radius 3 is 0.962 bits per heavy atom. The molecule has 4 heteroatoms. The summed E-state index contributed by atoms with van der Waals surface area (Å²) in [6.45, 7) is 26.8. The van der Waals surface area contributed by atoms with Crippen LogP contribution >= 0.6 is 0 Å². The molecule has 0 fully saturated rings. The molecule has 4 aromatic rings. The van der Waals surface area contributed by atoms with Crippen LogP contribution in [0.2, 0.25) is 0 Å². The molecule has 4 aromatic carbocycles. The van der Waals surface area contributed by atoms with E-state index in [0.717, 1.165) is 78.9 Å². The number of benzene rings is 4. The molecule has 53 heavy (non-hydrogen) atoms. The molecular weight excluding hydrogens is 653 g/mol. The lowest BCUT2D eigenvalue weighted by Crippen LogP contribution is -2.16. The van der Waals surface area contributed by atoms with E-state index in [2.05, 4.69) is 138 Å². The molecule has 0 amide bonds. The van der Waals surface area contributed by atoms with E-state index >= 15 is 0 Å². The summed E-state index contributed by atoms with van der Waals surface area (Å²) in [6, 6.07) is 17.1. The molecule has 0 heterocycles. The van der Waals surface area contributed by atoms with Crippen molar-refractivity contribution in [3.8, 4) is 35.3 Å². The molecule has 8 bridgehead atoms. The average molecular weight is 715 g/mol. The second kappa shape index (κ2) is 14.5. The van der Waals surface area contributed by atoms with Crippen molar-refractivity contribution in [2.75, 3.05) is 6.61 Å². The minimum Gasteiger partial charge on any atom is -0.507 e. The summed E-state index contributed by atoms with van der Waals surface area (Å²) in [5, 5.41) is 36.4. The molecule has 0 atom stereocenters. The molecule has 1 aliphatic carbocycles. The third-order valence-corrected chi connectivity index (χ3v) is 10.7. The quantitative estimate of drug-likeness (QED) is 0.128. The van der Waals surface area contributed by atoms with E-state index in [9.17, 15) is 15.3 Å². The first kappa shape index (κ1) is 39.8. The number of unbranched alkanes of at least 4 members (excludes halogenated alkanes) is 1. The fourth-order valence-electron chi connectivity index (χ4n) is 7.19. The monoisotopic (exact) mass is 714 g/mol. The molecule has 0 aromatic heterocycles. The molecule has 0 spiro atoms. The van der Waals surface area contributed by atoms with Gasteiger partial charge in [0.1, 0.15) is 23.0 Å². The number of fused-ring (bicyclic) bond motifs is 8. The summed E-state index contributed by atoms with van der Waals surface area (Å²) in [4.78, 5) is 0. The van der Waals surface area contributed by atoms with Gasteiger partial charge in [0.25, 0.3) is 0 Å². The van der Waals surface area contributed by atoms with Gasteiger partial charge in [-0.2, -0.15) is 0 Å². The van der Waals surface area contributed by atoms with Crippen LogP contribution < -0.4 is 4.74 Å². The van der Waals surface area contributed by atoms with Crippen LogP contribution in [0.1, 0.15) is 163 Å². The molecule has 0 saturated heterocycles. The van der Waals surface area contributed by atoms with Crippen LogP contribution in [0.3, 0.4) is 0 Å². The summed E-state index contributed by atoms with van der Waals surface area (Å²) in [5.41, 5.74) is 10.4. The van der Waals surface area contributed by atoms with Crippen LogP contribution in [0, 0.1) is 12.3 Å². The van der Waals surface area contributed by atoms with Crippen molar-refractivity contribution in [3.63, 3.8) is 0 Å². The van der Waals surface area contributed by atoms with Gasteiger partial charge in [0.2, 0.25) is 0 Å². The van der Waals surface area contributed by atoms with Crippen LogP contribution in [-0.4, -0.2) is 21.9 Å². The van der Waals surface area contributed by atoms with Crippen LogP contribution in [-0.2, 0) is 47.3 Å². The van der Waals surface area contributed by atoms with Gasteiger partial charge in [-0.25, -0.2) is 0 Å². The number of hydrogen-bond acceptors (Lipinski definition) is 4. The van der Waals surface area contributed by atoms with Gasteiger partial charge in [-0.1, -0.05) is 132 Å². The lowest BCUT2D eigenvalue weighted by Gasteiger charge is -2.27. The minimum absolute atomic E-state index is 0.168. The Morgan fingerprint density at radius 1 is 0.472 bits per heavy atom. The average Bonchev–Trinajstić information content (AvgIpc) is 3.02. The van der Waals surface area contributed by atoms with Gasteiger partial charge < -0.3 is 20.1 Å². The highest BCUT2D eigenvalue weighted by Gasteiger charge is 2.28. The zero-order chi connectivity index (χ0) is 39.3. The van der Waals surface area contributed by atoms with Crippen molar-refractivity contribution in [3.05, 3.63) is 115 Å². The minimum atomic E-state index is -0.191. The van der Waals surface area contributed by atoms with Crippen molar-refractivity contribution in [2.24, 2.45) is 0 Å². The van der Waals surface area contributed by atoms with Crippen molar-refractivity contribution in [1.29, 1.82) is 0 Å². The van der Waals surface area contributed by atoms with Gasteiger partial charge in [0, 0.05) is 32.1 Å². The zero-order valence-corrected chi connectivity index (χ0v) is 34.4. The summed E-state index contributed by atoms with van der Waals surface area (Å²) >= 11 is 0. The predicted octanol–water partition coefficient (Wildman–Crippen LogP) is 11.5. The smallest absolute Gasteiger partial charge is 0.126 e. The summed E-state index contributed by atoms with van der Waals surface area (Å²) in [7, 11) is 0. The van der Waals surface area contributed by atoms with E-state index in [4.69, 9.17) is 11.2 Å². The van der Waals surface area contributed by atoms with Crippen molar-refractivity contribution < 1.29 is 20.1 Å². The molecule has 3 N–H and O–H groups in total. The lowest BCUT2D eigenvalue weighted by atomic mass is 9.79. The molecule has 5 rings (SSSR count). The SMILES string of the molecule is C#CCCCOc1c2cc(C(C)(C)C)cc1Cc1cc(C(C)(C)C)cc(c1O)Cc1cc(C(C)(C)C)cc(c1O)Cc1cc(C(C)(C)C)cc(c1O)C2. The van der Waals surface area contributed by atoms with Gasteiger partial charge in [0.15, 0.2) is 0 Å². The Morgan fingerprint density at radius 2 is 0.717 bits per heavy atom. The molecule has 0 saturated carbocycles. The number of ether oxygens (including phenoxy) is 1. The van der Waals surface area contributed by atoms with Gasteiger partial charge in [-0.15, -0.1) is 12.3 Å². The third kappa shape index (κ3) is 8.89. The summed E-state index contributed by atoms with van der Waals surface area (Å²) in [5.74, 6) is 4.21. The normalized spacial score (nSPS) is 13.8. The fourth-order valence-corrected chi connectivity index (χ4v) is 7.19. The second-order valence-electron chi connectivity index (χ2n) is 19.4. The molecule has 4 nitrogen and oxygen atoms in total. The zero-order valence-electron chi connectivity index (χ0n) is 34.4. The van der Waals surface area contributed by atoms with E-state index in [0.29, 0.717) is 38.7 Å². The Labute approximate surface area is 319 Å². The maximum absolute atomic E-state index is 12.2. The first-order valence-electron chi connectivity index (χ1n) is 19.3. The second-order valence-corrected chi connectivity index (χ2v) is 19.4. The maximum atomic E-state index is 12.2. The van der Waals surface area contributed by atoms with Gasteiger partial charge >= 0.3 is 0 Å². The molecule has 0 unspecified atom stereocenters. The highest BCUT2D eigenvalue weighted by molar-refractivity contribution is 5.59. The first-order valence-corrected chi connectivity index (χ1v) is 19.3. The highest BCUT2D eigenvalue weighted by atomic mass is 16.5. The molecular formula is C49H62O4. The Hall–Kier alpha value is -4.36. The maximum Gasteiger partial charge on any atom is 0.126 e. The Bertz CT molecular complexity index is 1930. The Kier molecular flexibility index (Phi) is 10.9. The van der Waals surface area contributed by atoms with Gasteiger partial charge in [-0.3, -0.25) is 0 Å². The molecule has 1 aliphatic rings. The van der Waals surface area contributed by atoms with Crippen molar-refractivity contribution >= 4 is 0 Å². The van der Waals surface area contributed by atoms with Gasteiger partial charge in [-0.05, 0) is 94.8 Å². The van der Waals surface area contributed by atoms with Crippen LogP contribution in [0.5, 0.6) is 23.0 Å². The topological polar surface area (TPSA) is 69.9 Å². The molecule has 0 radical (unpaired) electrons. The van der Waals surface area contributed by atoms with Gasteiger partial charge in [0.05, 0.1) is 6.61 Å². The van der Waals surface area contributed by atoms with Crippen LogP contribution in [0.15, 0.2) is 48.5 Å².